The predicted molar refractivity (Wildman–Crippen MR) is 68.1 cm³/mol. The van der Waals surface area contributed by atoms with Crippen molar-refractivity contribution < 1.29 is 13.2 Å². The minimum absolute atomic E-state index is 0.297. The van der Waals surface area contributed by atoms with E-state index in [9.17, 15) is 13.2 Å². The first kappa shape index (κ1) is 14.9. The summed E-state index contributed by atoms with van der Waals surface area (Å²) in [6, 6.07) is 5.89. The molecular weight excluding hydrogens is 315 g/mol. The molecule has 1 aromatic carbocycles. The van der Waals surface area contributed by atoms with Gasteiger partial charge in [-0.1, -0.05) is 28.9 Å². The third-order valence-corrected chi connectivity index (χ3v) is 4.13. The highest BCUT2D eigenvalue weighted by atomic mass is 79.9. The number of halogens is 4. The van der Waals surface area contributed by atoms with E-state index in [1.165, 1.54) is 0 Å². The highest BCUT2D eigenvalue weighted by Crippen LogP contribution is 2.38. The summed E-state index contributed by atoms with van der Waals surface area (Å²) < 4.78 is 39.3. The Bertz CT molecular complexity index is 370. The van der Waals surface area contributed by atoms with Gasteiger partial charge in [0.1, 0.15) is 5.25 Å². The van der Waals surface area contributed by atoms with Crippen LogP contribution in [0.15, 0.2) is 33.6 Å². The molecule has 1 aromatic rings. The molecule has 1 nitrogen and oxygen atoms in total. The van der Waals surface area contributed by atoms with Crippen molar-refractivity contribution in [2.45, 2.75) is 35.7 Å². The van der Waals surface area contributed by atoms with E-state index in [2.05, 4.69) is 15.9 Å². The Morgan fingerprint density at radius 1 is 1.41 bits per heavy atom. The van der Waals surface area contributed by atoms with Crippen LogP contribution in [0.4, 0.5) is 13.2 Å². The van der Waals surface area contributed by atoms with E-state index in [0.29, 0.717) is 11.3 Å². The summed E-state index contributed by atoms with van der Waals surface area (Å²) in [5.41, 5.74) is 5.54. The standard InChI is InChI=1S/C11H13BrF3NS/c1-2-9(16)10(11(13,14)15)17-8-5-3-4-7(12)6-8/h3-6,9-10H,2,16H2,1H3. The first-order valence-corrected chi connectivity index (χ1v) is 6.76. The minimum Gasteiger partial charge on any atom is -0.326 e. The third-order valence-electron chi connectivity index (χ3n) is 2.24. The van der Waals surface area contributed by atoms with Crippen molar-refractivity contribution in [3.05, 3.63) is 28.7 Å². The molecule has 0 aromatic heterocycles. The summed E-state index contributed by atoms with van der Waals surface area (Å²) in [5, 5.41) is -1.57. The lowest BCUT2D eigenvalue weighted by molar-refractivity contribution is -0.132. The van der Waals surface area contributed by atoms with E-state index in [0.717, 1.165) is 16.2 Å². The molecule has 1 rings (SSSR count). The molecule has 0 aliphatic heterocycles. The lowest BCUT2D eigenvalue weighted by Crippen LogP contribution is -2.42. The maximum atomic E-state index is 12.8. The summed E-state index contributed by atoms with van der Waals surface area (Å²) in [6.45, 7) is 1.66. The molecule has 0 bridgehead atoms. The molecule has 2 N–H and O–H groups in total. The van der Waals surface area contributed by atoms with Crippen molar-refractivity contribution in [2.24, 2.45) is 5.73 Å². The Hall–Kier alpha value is -0.200. The molecule has 0 fully saturated rings. The largest absolute Gasteiger partial charge is 0.402 e. The Morgan fingerprint density at radius 2 is 2.06 bits per heavy atom. The minimum atomic E-state index is -4.29. The highest BCUT2D eigenvalue weighted by molar-refractivity contribution is 9.10. The van der Waals surface area contributed by atoms with Gasteiger partial charge in [0.2, 0.25) is 0 Å². The third kappa shape index (κ3) is 4.52. The second-order valence-corrected chi connectivity index (χ2v) is 5.74. The van der Waals surface area contributed by atoms with Gasteiger partial charge in [0.25, 0.3) is 0 Å². The monoisotopic (exact) mass is 327 g/mol. The van der Waals surface area contributed by atoms with Crippen LogP contribution in [0.5, 0.6) is 0 Å². The molecule has 0 radical (unpaired) electrons. The van der Waals surface area contributed by atoms with Gasteiger partial charge in [0.05, 0.1) is 0 Å². The van der Waals surface area contributed by atoms with E-state index in [1.54, 1.807) is 31.2 Å². The van der Waals surface area contributed by atoms with Crippen molar-refractivity contribution in [3.8, 4) is 0 Å². The number of hydrogen-bond donors (Lipinski definition) is 1. The second kappa shape index (κ2) is 6.11. The first-order valence-electron chi connectivity index (χ1n) is 5.09. The Morgan fingerprint density at radius 3 is 2.53 bits per heavy atom. The van der Waals surface area contributed by atoms with Crippen molar-refractivity contribution in [1.82, 2.24) is 0 Å². The fourth-order valence-corrected chi connectivity index (χ4v) is 2.99. The van der Waals surface area contributed by atoms with E-state index >= 15 is 0 Å². The van der Waals surface area contributed by atoms with Gasteiger partial charge in [-0.2, -0.15) is 13.2 Å². The number of alkyl halides is 3. The molecule has 0 amide bonds. The second-order valence-electron chi connectivity index (χ2n) is 3.61. The summed E-state index contributed by atoms with van der Waals surface area (Å²) in [7, 11) is 0. The molecule has 6 heteroatoms. The van der Waals surface area contributed by atoms with Crippen LogP contribution in [0.1, 0.15) is 13.3 Å². The van der Waals surface area contributed by atoms with Crippen LogP contribution in [0.3, 0.4) is 0 Å². The van der Waals surface area contributed by atoms with Crippen molar-refractivity contribution in [3.63, 3.8) is 0 Å². The molecule has 2 atom stereocenters. The van der Waals surface area contributed by atoms with Crippen LogP contribution < -0.4 is 5.73 Å². The Kier molecular flexibility index (Phi) is 5.34. The molecule has 96 valence electrons. The number of hydrogen-bond acceptors (Lipinski definition) is 2. The van der Waals surface area contributed by atoms with E-state index in [4.69, 9.17) is 5.73 Å². The first-order chi connectivity index (χ1) is 7.84. The maximum absolute atomic E-state index is 12.8. The fraction of sp³-hybridized carbons (Fsp3) is 0.455. The molecule has 0 saturated heterocycles. The zero-order valence-electron chi connectivity index (χ0n) is 9.17. The predicted octanol–water partition coefficient (Wildman–Crippen LogP) is 4.21. The van der Waals surface area contributed by atoms with Gasteiger partial charge in [0, 0.05) is 15.4 Å². The van der Waals surface area contributed by atoms with Crippen molar-refractivity contribution in [2.75, 3.05) is 0 Å². The molecular formula is C11H13BrF3NS. The lowest BCUT2D eigenvalue weighted by atomic mass is 10.1. The summed E-state index contributed by atoms with van der Waals surface area (Å²) in [5.74, 6) is 0. The summed E-state index contributed by atoms with van der Waals surface area (Å²) in [4.78, 5) is 0.561. The summed E-state index contributed by atoms with van der Waals surface area (Å²) in [6.07, 6.45) is -3.99. The fourth-order valence-electron chi connectivity index (χ4n) is 1.30. The highest BCUT2D eigenvalue weighted by Gasteiger charge is 2.43. The topological polar surface area (TPSA) is 26.0 Å². The van der Waals surface area contributed by atoms with Gasteiger partial charge >= 0.3 is 6.18 Å². The van der Waals surface area contributed by atoms with E-state index < -0.39 is 17.5 Å². The molecule has 0 aliphatic carbocycles. The zero-order chi connectivity index (χ0) is 13.1. The van der Waals surface area contributed by atoms with Gasteiger partial charge in [-0.15, -0.1) is 11.8 Å². The van der Waals surface area contributed by atoms with Gasteiger partial charge in [-0.05, 0) is 24.6 Å². The number of thioether (sulfide) groups is 1. The van der Waals surface area contributed by atoms with Gasteiger partial charge in [-0.3, -0.25) is 0 Å². The van der Waals surface area contributed by atoms with Crippen molar-refractivity contribution >= 4 is 27.7 Å². The molecule has 0 heterocycles. The van der Waals surface area contributed by atoms with Crippen LogP contribution in [0.25, 0.3) is 0 Å². The zero-order valence-corrected chi connectivity index (χ0v) is 11.6. The van der Waals surface area contributed by atoms with Crippen LogP contribution in [-0.2, 0) is 0 Å². The van der Waals surface area contributed by atoms with Crippen LogP contribution >= 0.6 is 27.7 Å². The maximum Gasteiger partial charge on any atom is 0.402 e. The molecule has 0 aliphatic rings. The smallest absolute Gasteiger partial charge is 0.326 e. The molecule has 17 heavy (non-hydrogen) atoms. The van der Waals surface area contributed by atoms with E-state index in [1.807, 2.05) is 0 Å². The van der Waals surface area contributed by atoms with Gasteiger partial charge in [0.15, 0.2) is 0 Å². The number of nitrogens with two attached hydrogens (primary N) is 1. The Labute approximate surface area is 111 Å². The molecule has 0 saturated carbocycles. The van der Waals surface area contributed by atoms with Crippen molar-refractivity contribution in [1.29, 1.82) is 0 Å². The van der Waals surface area contributed by atoms with Crippen LogP contribution in [0.2, 0.25) is 0 Å². The van der Waals surface area contributed by atoms with Crippen LogP contribution in [-0.4, -0.2) is 17.5 Å². The Balaban J connectivity index is 2.87. The number of benzene rings is 1. The quantitative estimate of drug-likeness (QED) is 0.838. The van der Waals surface area contributed by atoms with Gasteiger partial charge in [-0.25, -0.2) is 0 Å². The van der Waals surface area contributed by atoms with Crippen LogP contribution in [0, 0.1) is 0 Å². The number of rotatable bonds is 4. The molecule has 0 spiro atoms. The average Bonchev–Trinajstić information content (AvgIpc) is 2.23. The summed E-state index contributed by atoms with van der Waals surface area (Å²) >= 11 is 3.99. The molecule has 2 unspecified atom stereocenters. The van der Waals surface area contributed by atoms with E-state index in [-0.39, 0.29) is 0 Å². The van der Waals surface area contributed by atoms with Gasteiger partial charge < -0.3 is 5.73 Å². The average molecular weight is 328 g/mol. The SMILES string of the molecule is CCC(N)C(Sc1cccc(Br)c1)C(F)(F)F. The lowest BCUT2D eigenvalue weighted by Gasteiger charge is -2.24. The normalized spacial score (nSPS) is 15.6.